The third-order valence-corrected chi connectivity index (χ3v) is 4.65. The lowest BCUT2D eigenvalue weighted by Crippen LogP contribution is -2.41. The molecule has 3 aromatic rings. The van der Waals surface area contributed by atoms with Gasteiger partial charge in [0.05, 0.1) is 0 Å². The van der Waals surface area contributed by atoms with Crippen LogP contribution in [0.3, 0.4) is 0 Å². The van der Waals surface area contributed by atoms with E-state index < -0.39 is 0 Å². The van der Waals surface area contributed by atoms with Crippen molar-refractivity contribution in [3.8, 4) is 0 Å². The minimum absolute atomic E-state index is 0.0771. The summed E-state index contributed by atoms with van der Waals surface area (Å²) in [7, 11) is 0. The molecule has 0 aliphatic rings. The summed E-state index contributed by atoms with van der Waals surface area (Å²) >= 11 is 6.94. The Bertz CT molecular complexity index is 828. The van der Waals surface area contributed by atoms with Crippen molar-refractivity contribution >= 4 is 40.0 Å². The Morgan fingerprint density at radius 2 is 1.71 bits per heavy atom. The monoisotopic (exact) mass is 352 g/mol. The van der Waals surface area contributed by atoms with Crippen LogP contribution >= 0.6 is 23.6 Å². The topological polar surface area (TPSA) is 39.0 Å². The molecule has 0 saturated heterocycles. The van der Waals surface area contributed by atoms with Crippen LogP contribution in [0.25, 0.3) is 11.5 Å². The summed E-state index contributed by atoms with van der Waals surface area (Å²) in [6.45, 7) is 0.578. The number of pyridine rings is 1. The van der Waals surface area contributed by atoms with E-state index in [1.807, 2.05) is 78.4 Å². The number of nitrogens with one attached hydrogen (secondary N) is 1. The van der Waals surface area contributed by atoms with Gasteiger partial charge in [0.25, 0.3) is 0 Å². The highest BCUT2D eigenvalue weighted by Crippen LogP contribution is 2.19. The third-order valence-electron chi connectivity index (χ3n) is 3.44. The summed E-state index contributed by atoms with van der Waals surface area (Å²) in [5, 5.41) is 18.0. The van der Waals surface area contributed by atoms with Crippen LogP contribution < -0.4 is 15.0 Å². The molecular formula is C19H16N2OS2. The molecule has 24 heavy (non-hydrogen) atoms. The van der Waals surface area contributed by atoms with E-state index in [4.69, 9.17) is 12.2 Å². The number of nitrogens with zero attached hydrogens (tertiary/aromatic N) is 1. The van der Waals surface area contributed by atoms with Gasteiger partial charge in [-0.25, -0.2) is 0 Å². The first-order valence-corrected chi connectivity index (χ1v) is 8.78. The van der Waals surface area contributed by atoms with Crippen LogP contribution in [0.2, 0.25) is 0 Å². The largest absolute Gasteiger partial charge is 0.867 e. The van der Waals surface area contributed by atoms with Crippen molar-refractivity contribution < 1.29 is 9.67 Å². The molecule has 0 saturated carbocycles. The first-order chi connectivity index (χ1) is 11.8. The van der Waals surface area contributed by atoms with Crippen molar-refractivity contribution in [1.29, 1.82) is 0 Å². The highest BCUT2D eigenvalue weighted by molar-refractivity contribution is 7.81. The first-order valence-electron chi connectivity index (χ1n) is 7.49. The van der Waals surface area contributed by atoms with Gasteiger partial charge in [-0.2, -0.15) is 4.57 Å². The molecule has 0 spiro atoms. The van der Waals surface area contributed by atoms with Gasteiger partial charge in [0, 0.05) is 23.6 Å². The lowest BCUT2D eigenvalue weighted by atomic mass is 10.2. The summed E-state index contributed by atoms with van der Waals surface area (Å²) in [6, 6.07) is 19.3. The Labute approximate surface area is 150 Å². The smallest absolute Gasteiger partial charge is 0.238 e. The average molecular weight is 352 g/mol. The van der Waals surface area contributed by atoms with Crippen LogP contribution in [0, 0.1) is 0 Å². The Kier molecular flexibility index (Phi) is 5.36. The summed E-state index contributed by atoms with van der Waals surface area (Å²) in [6.07, 6.45) is 3.66. The summed E-state index contributed by atoms with van der Waals surface area (Å²) in [5.41, 5.74) is 1.57. The van der Waals surface area contributed by atoms with Gasteiger partial charge in [0.15, 0.2) is 17.4 Å². The number of aromatic nitrogens is 1. The fraction of sp³-hybridized carbons (Fsp3) is 0.0526. The lowest BCUT2D eigenvalue weighted by molar-refractivity contribution is -0.577. The maximum absolute atomic E-state index is 12.9. The Morgan fingerprint density at radius 3 is 2.38 bits per heavy atom. The van der Waals surface area contributed by atoms with E-state index in [1.165, 1.54) is 11.3 Å². The van der Waals surface area contributed by atoms with Crippen molar-refractivity contribution in [3.63, 3.8) is 0 Å². The zero-order chi connectivity index (χ0) is 16.8. The number of hydrogen-bond acceptors (Lipinski definition) is 3. The molecule has 0 fully saturated rings. The maximum atomic E-state index is 12.9. The number of rotatable bonds is 5. The quantitative estimate of drug-likeness (QED) is 0.332. The Balaban J connectivity index is 1.90. The fourth-order valence-electron chi connectivity index (χ4n) is 2.27. The summed E-state index contributed by atoms with van der Waals surface area (Å²) < 4.78 is 1.77. The molecule has 0 unspecified atom stereocenters. The molecule has 0 aliphatic heterocycles. The standard InChI is InChI=1S/C19H16N2OS2/c22-18(16-10-7-13-24-16)17(21-11-5-2-6-12-21)19(23)20-14-15-8-3-1-4-9-15/h1-13H,14H2,(H-,20,22,23). The van der Waals surface area contributed by atoms with Crippen LogP contribution in [0.15, 0.2) is 78.4 Å². The molecule has 120 valence electrons. The van der Waals surface area contributed by atoms with Gasteiger partial charge < -0.3 is 10.4 Å². The minimum Gasteiger partial charge on any atom is -0.867 e. The van der Waals surface area contributed by atoms with E-state index in [2.05, 4.69) is 5.32 Å². The maximum Gasteiger partial charge on any atom is 0.238 e. The van der Waals surface area contributed by atoms with Crippen molar-refractivity contribution in [2.75, 3.05) is 0 Å². The molecular weight excluding hydrogens is 336 g/mol. The van der Waals surface area contributed by atoms with Gasteiger partial charge in [0.1, 0.15) is 0 Å². The van der Waals surface area contributed by atoms with E-state index in [0.29, 0.717) is 22.1 Å². The second-order valence-electron chi connectivity index (χ2n) is 5.11. The van der Waals surface area contributed by atoms with Gasteiger partial charge >= 0.3 is 0 Å². The highest BCUT2D eigenvalue weighted by Gasteiger charge is 2.18. The molecule has 3 nitrogen and oxygen atoms in total. The van der Waals surface area contributed by atoms with Crippen LogP contribution in [0.5, 0.6) is 0 Å². The first kappa shape index (κ1) is 16.4. The molecule has 0 atom stereocenters. The molecule has 0 aliphatic carbocycles. The van der Waals surface area contributed by atoms with Crippen LogP contribution in [-0.4, -0.2) is 4.99 Å². The normalized spacial score (nSPS) is 11.7. The highest BCUT2D eigenvalue weighted by atomic mass is 32.1. The lowest BCUT2D eigenvalue weighted by Gasteiger charge is -2.15. The second kappa shape index (κ2) is 7.86. The minimum atomic E-state index is -0.0771. The molecule has 2 heterocycles. The summed E-state index contributed by atoms with van der Waals surface area (Å²) in [4.78, 5) is 1.11. The van der Waals surface area contributed by atoms with E-state index in [-0.39, 0.29) is 5.76 Å². The van der Waals surface area contributed by atoms with Gasteiger partial charge in [0.2, 0.25) is 5.70 Å². The van der Waals surface area contributed by atoms with E-state index in [9.17, 15) is 5.11 Å². The van der Waals surface area contributed by atoms with Gasteiger partial charge in [-0.3, -0.25) is 0 Å². The molecule has 2 aromatic heterocycles. The van der Waals surface area contributed by atoms with Crippen LogP contribution in [0.4, 0.5) is 0 Å². The molecule has 5 heteroatoms. The molecule has 0 amide bonds. The predicted octanol–water partition coefficient (Wildman–Crippen LogP) is 2.84. The number of thiophene rings is 1. The van der Waals surface area contributed by atoms with E-state index >= 15 is 0 Å². The SMILES string of the molecule is [O-]/C(=C(\C(=S)NCc1ccccc1)[n+]1ccccc1)c1cccs1. The van der Waals surface area contributed by atoms with Gasteiger partial charge in [-0.15, -0.1) is 11.3 Å². The molecule has 1 aromatic carbocycles. The zero-order valence-corrected chi connectivity index (χ0v) is 14.5. The fourth-order valence-corrected chi connectivity index (χ4v) is 3.21. The van der Waals surface area contributed by atoms with Gasteiger partial charge in [-0.1, -0.05) is 54.7 Å². The van der Waals surface area contributed by atoms with Crippen molar-refractivity contribution in [3.05, 3.63) is 88.9 Å². The van der Waals surface area contributed by atoms with Crippen molar-refractivity contribution in [2.45, 2.75) is 6.54 Å². The van der Waals surface area contributed by atoms with Crippen LogP contribution in [0.1, 0.15) is 10.4 Å². The Morgan fingerprint density at radius 1 is 1.00 bits per heavy atom. The zero-order valence-electron chi connectivity index (χ0n) is 12.9. The van der Waals surface area contributed by atoms with E-state index in [1.54, 1.807) is 4.57 Å². The van der Waals surface area contributed by atoms with Crippen molar-refractivity contribution in [1.82, 2.24) is 5.32 Å². The molecule has 0 bridgehead atoms. The average Bonchev–Trinajstić information content (AvgIpc) is 3.17. The number of benzene rings is 1. The molecule has 3 rings (SSSR count). The third kappa shape index (κ3) is 3.88. The number of thiocarbonyl (C=S) groups is 1. The van der Waals surface area contributed by atoms with Crippen LogP contribution in [-0.2, 0) is 6.54 Å². The Hall–Kier alpha value is -2.50. The van der Waals surface area contributed by atoms with E-state index in [0.717, 1.165) is 5.56 Å². The van der Waals surface area contributed by atoms with Gasteiger partial charge in [-0.05, 0) is 22.8 Å². The second-order valence-corrected chi connectivity index (χ2v) is 6.46. The van der Waals surface area contributed by atoms with Crippen molar-refractivity contribution in [2.24, 2.45) is 0 Å². The molecule has 1 N–H and O–H groups in total. The molecule has 0 radical (unpaired) electrons. The summed E-state index contributed by atoms with van der Waals surface area (Å²) in [5.74, 6) is -0.0771. The number of hydrogen-bond donors (Lipinski definition) is 1. The predicted molar refractivity (Wildman–Crippen MR) is 99.9 cm³/mol.